The molecular weight excluding hydrogens is 302 g/mol. The molecule has 0 saturated carbocycles. The van der Waals surface area contributed by atoms with Crippen LogP contribution in [-0.2, 0) is 16.1 Å². The van der Waals surface area contributed by atoms with E-state index in [4.69, 9.17) is 4.74 Å². The van der Waals surface area contributed by atoms with Crippen LogP contribution in [0.2, 0.25) is 0 Å². The number of hydrogen-bond donors (Lipinski definition) is 3. The number of benzene rings is 1. The van der Waals surface area contributed by atoms with E-state index < -0.39 is 0 Å². The Morgan fingerprint density at radius 3 is 2.33 bits per heavy atom. The first-order valence-electron chi connectivity index (χ1n) is 9.30. The number of ether oxygens (including phenoxy) is 1. The number of anilines is 1. The van der Waals surface area contributed by atoms with Gasteiger partial charge in [0.25, 0.3) is 5.91 Å². The molecule has 5 heteroatoms. The van der Waals surface area contributed by atoms with Crippen LogP contribution >= 0.6 is 0 Å². The maximum absolute atomic E-state index is 12.3. The van der Waals surface area contributed by atoms with Crippen molar-refractivity contribution in [2.45, 2.75) is 45.4 Å². The molecule has 132 valence electrons. The zero-order valence-electron chi connectivity index (χ0n) is 14.9. The van der Waals surface area contributed by atoms with E-state index in [1.54, 1.807) is 4.90 Å². The predicted molar refractivity (Wildman–Crippen MR) is 94.3 cm³/mol. The molecule has 0 bridgehead atoms. The summed E-state index contributed by atoms with van der Waals surface area (Å²) >= 11 is 0. The summed E-state index contributed by atoms with van der Waals surface area (Å²) in [5.41, 5.74) is 2.25. The van der Waals surface area contributed by atoms with Crippen molar-refractivity contribution >= 4 is 11.6 Å². The van der Waals surface area contributed by atoms with Gasteiger partial charge in [0.15, 0.2) is 6.54 Å². The van der Waals surface area contributed by atoms with Crippen molar-refractivity contribution in [3.8, 4) is 0 Å². The molecule has 2 atom stereocenters. The van der Waals surface area contributed by atoms with Gasteiger partial charge in [0.2, 0.25) is 0 Å². The van der Waals surface area contributed by atoms with Crippen molar-refractivity contribution in [1.29, 1.82) is 0 Å². The van der Waals surface area contributed by atoms with Crippen molar-refractivity contribution in [3.05, 3.63) is 29.8 Å². The summed E-state index contributed by atoms with van der Waals surface area (Å²) in [6.45, 7) is 10.1. The molecule has 2 heterocycles. The maximum atomic E-state index is 12.3. The standard InChI is InChI=1S/C19H29N3O2/c1-15-11-22(12-16(2)24-15)14-19(23)20-18-7-5-17(6-8-18)13-21-9-3-4-10-21/h5-8,15-16H,3-4,9-14H2,1-2H3,(H,20,23)/p+2/t15-,16-/m0/s1. The molecule has 5 nitrogen and oxygen atoms in total. The summed E-state index contributed by atoms with van der Waals surface area (Å²) < 4.78 is 5.73. The number of quaternary nitrogens is 2. The van der Waals surface area contributed by atoms with Crippen molar-refractivity contribution in [1.82, 2.24) is 0 Å². The van der Waals surface area contributed by atoms with Crippen LogP contribution in [0.25, 0.3) is 0 Å². The molecule has 0 unspecified atom stereocenters. The molecule has 0 aliphatic carbocycles. The third-order valence-electron chi connectivity index (χ3n) is 5.03. The van der Waals surface area contributed by atoms with Crippen LogP contribution in [0.1, 0.15) is 32.3 Å². The van der Waals surface area contributed by atoms with Crippen LogP contribution in [0.4, 0.5) is 5.69 Å². The number of morpholine rings is 1. The van der Waals surface area contributed by atoms with Gasteiger partial charge in [0.1, 0.15) is 31.8 Å². The minimum Gasteiger partial charge on any atom is -0.364 e. The smallest absolute Gasteiger partial charge is 0.279 e. The average molecular weight is 333 g/mol. The monoisotopic (exact) mass is 333 g/mol. The molecule has 2 aliphatic rings. The lowest BCUT2D eigenvalue weighted by Crippen LogP contribution is -3.16. The Balaban J connectivity index is 1.47. The minimum absolute atomic E-state index is 0.0872. The number of hydrogen-bond acceptors (Lipinski definition) is 2. The van der Waals surface area contributed by atoms with Crippen LogP contribution in [0.15, 0.2) is 24.3 Å². The first-order valence-corrected chi connectivity index (χ1v) is 9.30. The number of rotatable bonds is 5. The molecular formula is C19H31N3O2+2. The molecule has 3 rings (SSSR count). The van der Waals surface area contributed by atoms with Crippen molar-refractivity contribution < 1.29 is 19.3 Å². The highest BCUT2D eigenvalue weighted by atomic mass is 16.5. The van der Waals surface area contributed by atoms with Crippen molar-refractivity contribution in [3.63, 3.8) is 0 Å². The van der Waals surface area contributed by atoms with Gasteiger partial charge >= 0.3 is 0 Å². The summed E-state index contributed by atoms with van der Waals surface area (Å²) in [7, 11) is 0. The molecule has 3 N–H and O–H groups in total. The largest absolute Gasteiger partial charge is 0.364 e. The van der Waals surface area contributed by atoms with Gasteiger partial charge in [-0.2, -0.15) is 0 Å². The van der Waals surface area contributed by atoms with Crippen molar-refractivity contribution in [2.24, 2.45) is 0 Å². The fraction of sp³-hybridized carbons (Fsp3) is 0.632. The third kappa shape index (κ3) is 5.03. The van der Waals surface area contributed by atoms with Gasteiger partial charge in [0, 0.05) is 24.1 Å². The summed E-state index contributed by atoms with van der Waals surface area (Å²) in [5.74, 6) is 0.0872. The maximum Gasteiger partial charge on any atom is 0.279 e. The van der Waals surface area contributed by atoms with E-state index >= 15 is 0 Å². The third-order valence-corrected chi connectivity index (χ3v) is 5.03. The topological polar surface area (TPSA) is 47.2 Å². The Labute approximate surface area is 145 Å². The lowest BCUT2D eigenvalue weighted by Gasteiger charge is -2.31. The van der Waals surface area contributed by atoms with E-state index in [-0.39, 0.29) is 18.1 Å². The molecule has 1 amide bonds. The van der Waals surface area contributed by atoms with Gasteiger partial charge in [-0.05, 0) is 26.0 Å². The summed E-state index contributed by atoms with van der Waals surface area (Å²) in [6, 6.07) is 8.35. The lowest BCUT2D eigenvalue weighted by molar-refractivity contribution is -0.907. The zero-order valence-corrected chi connectivity index (χ0v) is 14.9. The van der Waals surface area contributed by atoms with E-state index in [0.29, 0.717) is 6.54 Å². The van der Waals surface area contributed by atoms with Crippen molar-refractivity contribution in [2.75, 3.05) is 38.0 Å². The number of likely N-dealkylation sites (tertiary alicyclic amines) is 1. The second-order valence-corrected chi connectivity index (χ2v) is 7.47. The molecule has 0 aromatic heterocycles. The predicted octanol–water partition coefficient (Wildman–Crippen LogP) is -0.504. The average Bonchev–Trinajstić information content (AvgIpc) is 3.01. The zero-order chi connectivity index (χ0) is 16.9. The Kier molecular flexibility index (Phi) is 5.87. The normalized spacial score (nSPS) is 28.0. The second kappa shape index (κ2) is 8.10. The van der Waals surface area contributed by atoms with E-state index in [1.807, 2.05) is 12.1 Å². The number of carbonyl (C=O) groups is 1. The fourth-order valence-corrected chi connectivity index (χ4v) is 4.01. The Morgan fingerprint density at radius 1 is 1.08 bits per heavy atom. The molecule has 2 fully saturated rings. The van der Waals surface area contributed by atoms with Gasteiger partial charge in [-0.15, -0.1) is 0 Å². The fourth-order valence-electron chi connectivity index (χ4n) is 4.01. The SMILES string of the molecule is C[C@H]1C[NH+](CC(=O)Nc2ccc(C[NH+]3CCCC3)cc2)C[C@H](C)O1. The quantitative estimate of drug-likeness (QED) is 0.680. The number of amides is 1. The van der Waals surface area contributed by atoms with Gasteiger partial charge in [-0.3, -0.25) is 4.79 Å². The van der Waals surface area contributed by atoms with Gasteiger partial charge in [0.05, 0.1) is 13.1 Å². The number of nitrogens with one attached hydrogen (secondary N) is 3. The summed E-state index contributed by atoms with van der Waals surface area (Å²) in [5, 5.41) is 3.03. The first-order chi connectivity index (χ1) is 11.6. The van der Waals surface area contributed by atoms with Gasteiger partial charge in [-0.1, -0.05) is 12.1 Å². The number of carbonyl (C=O) groups excluding carboxylic acids is 1. The molecule has 1 aromatic carbocycles. The molecule has 24 heavy (non-hydrogen) atoms. The van der Waals surface area contributed by atoms with Crippen LogP contribution < -0.4 is 15.1 Å². The highest BCUT2D eigenvalue weighted by molar-refractivity contribution is 5.91. The molecule has 0 spiro atoms. The first kappa shape index (κ1) is 17.4. The van der Waals surface area contributed by atoms with Crippen LogP contribution in [0.5, 0.6) is 0 Å². The Bertz CT molecular complexity index is 530. The van der Waals surface area contributed by atoms with E-state index in [2.05, 4.69) is 31.3 Å². The van der Waals surface area contributed by atoms with Gasteiger partial charge in [-0.25, -0.2) is 0 Å². The lowest BCUT2D eigenvalue weighted by atomic mass is 10.2. The van der Waals surface area contributed by atoms with Crippen LogP contribution in [0.3, 0.4) is 0 Å². The second-order valence-electron chi connectivity index (χ2n) is 7.47. The summed E-state index contributed by atoms with van der Waals surface area (Å²) in [4.78, 5) is 15.3. The van der Waals surface area contributed by atoms with Crippen LogP contribution in [0, 0.1) is 0 Å². The summed E-state index contributed by atoms with van der Waals surface area (Å²) in [6.07, 6.45) is 3.16. The minimum atomic E-state index is 0.0872. The molecule has 0 radical (unpaired) electrons. The van der Waals surface area contributed by atoms with E-state index in [9.17, 15) is 4.79 Å². The highest BCUT2D eigenvalue weighted by Crippen LogP contribution is 2.09. The highest BCUT2D eigenvalue weighted by Gasteiger charge is 2.27. The molecule has 1 aromatic rings. The van der Waals surface area contributed by atoms with E-state index in [1.165, 1.54) is 36.4 Å². The van der Waals surface area contributed by atoms with Crippen LogP contribution in [-0.4, -0.2) is 50.8 Å². The van der Waals surface area contributed by atoms with Gasteiger partial charge < -0.3 is 19.9 Å². The Morgan fingerprint density at radius 2 is 1.71 bits per heavy atom. The van der Waals surface area contributed by atoms with E-state index in [0.717, 1.165) is 25.3 Å². The molecule has 2 saturated heterocycles. The Hall–Kier alpha value is -1.43. The molecule has 2 aliphatic heterocycles.